The smallest absolute Gasteiger partial charge is 0.248 e. The third-order valence-corrected chi connectivity index (χ3v) is 4.04. The molecule has 1 aliphatic carbocycles. The van der Waals surface area contributed by atoms with Crippen LogP contribution in [0.5, 0.6) is 0 Å². The van der Waals surface area contributed by atoms with Gasteiger partial charge in [-0.05, 0) is 31.2 Å². The summed E-state index contributed by atoms with van der Waals surface area (Å²) in [6, 6.07) is 0. The molecule has 0 bridgehead atoms. The molecule has 18 heavy (non-hydrogen) atoms. The molecule has 0 radical (unpaired) electrons. The van der Waals surface area contributed by atoms with Gasteiger partial charge in [0.1, 0.15) is 6.61 Å². The van der Waals surface area contributed by atoms with Crippen LogP contribution in [0.25, 0.3) is 0 Å². The molecule has 1 amide bonds. The van der Waals surface area contributed by atoms with Gasteiger partial charge in [0.2, 0.25) is 5.91 Å². The van der Waals surface area contributed by atoms with Crippen LogP contribution in [0.4, 0.5) is 0 Å². The summed E-state index contributed by atoms with van der Waals surface area (Å²) < 4.78 is 10.8. The number of hydrogen-bond acceptors (Lipinski definition) is 4. The van der Waals surface area contributed by atoms with Gasteiger partial charge in [-0.25, -0.2) is 0 Å². The topological polar surface area (TPSA) is 64.8 Å². The van der Waals surface area contributed by atoms with Crippen LogP contribution in [0, 0.1) is 11.8 Å². The van der Waals surface area contributed by atoms with E-state index in [1.54, 1.807) is 0 Å². The average molecular weight is 256 g/mol. The molecule has 2 atom stereocenters. The van der Waals surface area contributed by atoms with Crippen molar-refractivity contribution in [1.82, 2.24) is 4.90 Å². The number of rotatable bonds is 5. The highest BCUT2D eigenvalue weighted by atomic mass is 16.5. The fourth-order valence-electron chi connectivity index (χ4n) is 2.85. The van der Waals surface area contributed by atoms with Gasteiger partial charge in [-0.3, -0.25) is 4.79 Å². The number of carbonyl (C=O) groups is 1. The van der Waals surface area contributed by atoms with Gasteiger partial charge in [-0.15, -0.1) is 0 Å². The van der Waals surface area contributed by atoms with Crippen molar-refractivity contribution in [2.24, 2.45) is 17.6 Å². The van der Waals surface area contributed by atoms with Crippen LogP contribution in [0.1, 0.15) is 19.3 Å². The second-order valence-electron chi connectivity index (χ2n) is 5.20. The summed E-state index contributed by atoms with van der Waals surface area (Å²) >= 11 is 0. The second-order valence-corrected chi connectivity index (χ2v) is 5.20. The largest absolute Gasteiger partial charge is 0.378 e. The molecule has 2 fully saturated rings. The van der Waals surface area contributed by atoms with Crippen LogP contribution < -0.4 is 5.73 Å². The van der Waals surface area contributed by atoms with Crippen molar-refractivity contribution in [2.75, 3.05) is 46.1 Å². The highest BCUT2D eigenvalue weighted by Crippen LogP contribution is 2.30. The van der Waals surface area contributed by atoms with Crippen LogP contribution in [0.2, 0.25) is 0 Å². The van der Waals surface area contributed by atoms with E-state index in [1.807, 2.05) is 4.90 Å². The molecule has 0 spiro atoms. The lowest BCUT2D eigenvalue weighted by Crippen LogP contribution is -2.42. The Morgan fingerprint density at radius 1 is 1.28 bits per heavy atom. The van der Waals surface area contributed by atoms with Gasteiger partial charge in [0.05, 0.1) is 19.8 Å². The minimum Gasteiger partial charge on any atom is -0.378 e. The summed E-state index contributed by atoms with van der Waals surface area (Å²) in [6.07, 6.45) is 3.64. The fraction of sp³-hybridized carbons (Fsp3) is 0.923. The van der Waals surface area contributed by atoms with Gasteiger partial charge in [-0.2, -0.15) is 0 Å². The Morgan fingerprint density at radius 2 is 2.00 bits per heavy atom. The molecule has 2 unspecified atom stereocenters. The fourth-order valence-corrected chi connectivity index (χ4v) is 2.85. The Kier molecular flexibility index (Phi) is 5.41. The van der Waals surface area contributed by atoms with Crippen LogP contribution in [0.3, 0.4) is 0 Å². The van der Waals surface area contributed by atoms with Crippen molar-refractivity contribution in [1.29, 1.82) is 0 Å². The lowest BCUT2D eigenvalue weighted by atomic mass is 9.97. The van der Waals surface area contributed by atoms with Gasteiger partial charge in [-0.1, -0.05) is 6.42 Å². The lowest BCUT2D eigenvalue weighted by molar-refractivity contribution is -0.140. The van der Waals surface area contributed by atoms with Crippen LogP contribution in [0.15, 0.2) is 0 Å². The highest BCUT2D eigenvalue weighted by molar-refractivity contribution is 5.77. The van der Waals surface area contributed by atoms with Gasteiger partial charge in [0.25, 0.3) is 0 Å². The van der Waals surface area contributed by atoms with E-state index in [1.165, 1.54) is 19.3 Å². The third kappa shape index (κ3) is 3.67. The molecule has 2 aliphatic rings. The van der Waals surface area contributed by atoms with E-state index in [-0.39, 0.29) is 12.5 Å². The Bertz CT molecular complexity index is 267. The van der Waals surface area contributed by atoms with E-state index in [4.69, 9.17) is 15.2 Å². The predicted octanol–water partition coefficient (Wildman–Crippen LogP) is 0.237. The molecular weight excluding hydrogens is 232 g/mol. The number of morpholine rings is 1. The molecule has 0 aromatic heterocycles. The van der Waals surface area contributed by atoms with Crippen molar-refractivity contribution >= 4 is 5.91 Å². The van der Waals surface area contributed by atoms with Gasteiger partial charge >= 0.3 is 0 Å². The Balaban J connectivity index is 1.63. The summed E-state index contributed by atoms with van der Waals surface area (Å²) in [5, 5.41) is 0. The summed E-state index contributed by atoms with van der Waals surface area (Å²) in [5.41, 5.74) is 5.73. The third-order valence-electron chi connectivity index (χ3n) is 4.04. The van der Waals surface area contributed by atoms with Crippen molar-refractivity contribution in [2.45, 2.75) is 19.3 Å². The number of carbonyl (C=O) groups excluding carboxylic acids is 1. The SMILES string of the molecule is NCC1CCCC1COCC(=O)N1CCOCC1. The zero-order chi connectivity index (χ0) is 12.8. The molecule has 1 aliphatic heterocycles. The van der Waals surface area contributed by atoms with E-state index >= 15 is 0 Å². The first kappa shape index (κ1) is 13.8. The number of nitrogens with two attached hydrogens (primary N) is 1. The highest BCUT2D eigenvalue weighted by Gasteiger charge is 2.26. The maximum absolute atomic E-state index is 11.8. The minimum atomic E-state index is 0.0839. The van der Waals surface area contributed by atoms with Gasteiger partial charge in [0.15, 0.2) is 0 Å². The van der Waals surface area contributed by atoms with E-state index in [0.29, 0.717) is 44.7 Å². The average Bonchev–Trinajstić information content (AvgIpc) is 2.87. The molecule has 1 saturated carbocycles. The maximum Gasteiger partial charge on any atom is 0.248 e. The van der Waals surface area contributed by atoms with Crippen LogP contribution in [-0.2, 0) is 14.3 Å². The molecule has 1 heterocycles. The minimum absolute atomic E-state index is 0.0839. The van der Waals surface area contributed by atoms with Crippen molar-refractivity contribution in [3.05, 3.63) is 0 Å². The second kappa shape index (κ2) is 7.07. The van der Waals surface area contributed by atoms with Gasteiger partial charge < -0.3 is 20.1 Å². The van der Waals surface area contributed by atoms with E-state index < -0.39 is 0 Å². The standard InChI is InChI=1S/C13H24N2O3/c14-8-11-2-1-3-12(11)9-18-10-13(16)15-4-6-17-7-5-15/h11-12H,1-10,14H2. The maximum atomic E-state index is 11.8. The normalized spacial score (nSPS) is 28.6. The Hall–Kier alpha value is -0.650. The first-order valence-electron chi connectivity index (χ1n) is 6.94. The molecule has 5 heteroatoms. The molecule has 1 saturated heterocycles. The van der Waals surface area contributed by atoms with Crippen LogP contribution in [-0.4, -0.2) is 56.9 Å². The van der Waals surface area contributed by atoms with Crippen molar-refractivity contribution in [3.63, 3.8) is 0 Å². The quantitative estimate of drug-likeness (QED) is 0.765. The lowest BCUT2D eigenvalue weighted by Gasteiger charge is -2.27. The van der Waals surface area contributed by atoms with Gasteiger partial charge in [0, 0.05) is 13.1 Å². The molecule has 2 N–H and O–H groups in total. The molecule has 0 aromatic rings. The molecule has 5 nitrogen and oxygen atoms in total. The molecule has 0 aromatic carbocycles. The van der Waals surface area contributed by atoms with Crippen molar-refractivity contribution in [3.8, 4) is 0 Å². The Labute approximate surface area is 109 Å². The summed E-state index contributed by atoms with van der Waals surface area (Å²) in [6.45, 7) is 4.29. The van der Waals surface area contributed by atoms with E-state index in [0.717, 1.165) is 6.54 Å². The zero-order valence-corrected chi connectivity index (χ0v) is 11.0. The predicted molar refractivity (Wildman–Crippen MR) is 68.1 cm³/mol. The summed E-state index contributed by atoms with van der Waals surface area (Å²) in [7, 11) is 0. The first-order valence-corrected chi connectivity index (χ1v) is 6.94. The van der Waals surface area contributed by atoms with Crippen molar-refractivity contribution < 1.29 is 14.3 Å². The van der Waals surface area contributed by atoms with E-state index in [2.05, 4.69) is 0 Å². The molecule has 104 valence electrons. The van der Waals surface area contributed by atoms with Crippen LogP contribution >= 0.6 is 0 Å². The summed E-state index contributed by atoms with van der Waals surface area (Å²) in [4.78, 5) is 13.7. The monoisotopic (exact) mass is 256 g/mol. The molecule has 2 rings (SSSR count). The summed E-state index contributed by atoms with van der Waals surface area (Å²) in [5.74, 6) is 1.22. The number of nitrogens with zero attached hydrogens (tertiary/aromatic N) is 1. The van der Waals surface area contributed by atoms with E-state index in [9.17, 15) is 4.79 Å². The molecular formula is C13H24N2O3. The Morgan fingerprint density at radius 3 is 2.72 bits per heavy atom. The first-order chi connectivity index (χ1) is 8.81. The zero-order valence-electron chi connectivity index (χ0n) is 11.0. The number of hydrogen-bond donors (Lipinski definition) is 1. The number of ether oxygens (including phenoxy) is 2. The number of amides is 1.